The molecule has 4 aromatic rings. The van der Waals surface area contributed by atoms with Crippen molar-refractivity contribution >= 4 is 10.9 Å². The third-order valence-corrected chi connectivity index (χ3v) is 5.53. The second kappa shape index (κ2) is 6.15. The van der Waals surface area contributed by atoms with Crippen LogP contribution in [0, 0.1) is 13.8 Å². The Kier molecular flexibility index (Phi) is 3.72. The molecule has 1 fully saturated rings. The molecular formula is C21H22N6O. The lowest BCUT2D eigenvalue weighted by Crippen LogP contribution is -2.07. The molecule has 5 rings (SSSR count). The van der Waals surface area contributed by atoms with E-state index in [4.69, 9.17) is 4.74 Å². The SMILES string of the molecule is COc1nc(C2CC2c2cc3ccccc3n2C)cc(-n2nc(C)nc2C)n1. The normalized spacial score (nSPS) is 18.6. The average molecular weight is 374 g/mol. The van der Waals surface area contributed by atoms with E-state index in [2.05, 4.69) is 62.0 Å². The Morgan fingerprint density at radius 1 is 1.04 bits per heavy atom. The van der Waals surface area contributed by atoms with Crippen molar-refractivity contribution in [2.45, 2.75) is 32.1 Å². The molecule has 0 bridgehead atoms. The van der Waals surface area contributed by atoms with Gasteiger partial charge in [-0.25, -0.2) is 4.98 Å². The summed E-state index contributed by atoms with van der Waals surface area (Å²) in [6.45, 7) is 3.80. The van der Waals surface area contributed by atoms with Crippen LogP contribution >= 0.6 is 0 Å². The molecule has 0 spiro atoms. The molecule has 0 aliphatic heterocycles. The molecule has 0 N–H and O–H groups in total. The minimum absolute atomic E-state index is 0.351. The molecule has 7 nitrogen and oxygen atoms in total. The molecular weight excluding hydrogens is 352 g/mol. The van der Waals surface area contributed by atoms with Crippen molar-refractivity contribution in [3.05, 3.63) is 59.4 Å². The Labute approximate surface area is 163 Å². The lowest BCUT2D eigenvalue weighted by Gasteiger charge is -2.08. The second-order valence-corrected chi connectivity index (χ2v) is 7.39. The highest BCUT2D eigenvalue weighted by Crippen LogP contribution is 2.55. The summed E-state index contributed by atoms with van der Waals surface area (Å²) < 4.78 is 9.41. The van der Waals surface area contributed by atoms with Gasteiger partial charge in [0.05, 0.1) is 12.8 Å². The Morgan fingerprint density at radius 3 is 2.57 bits per heavy atom. The van der Waals surface area contributed by atoms with Gasteiger partial charge in [-0.3, -0.25) is 0 Å². The maximum atomic E-state index is 5.37. The quantitative estimate of drug-likeness (QED) is 0.547. The zero-order valence-electron chi connectivity index (χ0n) is 16.4. The third kappa shape index (κ3) is 2.66. The minimum atomic E-state index is 0.351. The largest absolute Gasteiger partial charge is 0.467 e. The topological polar surface area (TPSA) is 70.7 Å². The predicted molar refractivity (Wildman–Crippen MR) is 106 cm³/mol. The highest BCUT2D eigenvalue weighted by Gasteiger charge is 2.43. The van der Waals surface area contributed by atoms with Crippen molar-refractivity contribution in [1.82, 2.24) is 29.3 Å². The number of fused-ring (bicyclic) bond motifs is 1. The maximum Gasteiger partial charge on any atom is 0.318 e. The molecule has 1 aliphatic rings. The number of benzene rings is 1. The van der Waals surface area contributed by atoms with E-state index in [1.807, 2.05) is 19.9 Å². The van der Waals surface area contributed by atoms with Gasteiger partial charge in [0, 0.05) is 36.2 Å². The molecule has 0 radical (unpaired) electrons. The number of para-hydroxylation sites is 1. The van der Waals surface area contributed by atoms with Crippen LogP contribution in [0.4, 0.5) is 0 Å². The summed E-state index contributed by atoms with van der Waals surface area (Å²) in [7, 11) is 3.73. The Hall–Kier alpha value is -3.22. The smallest absolute Gasteiger partial charge is 0.318 e. The molecule has 1 aromatic carbocycles. The Bertz CT molecular complexity index is 1190. The van der Waals surface area contributed by atoms with Crippen molar-refractivity contribution in [1.29, 1.82) is 0 Å². The van der Waals surface area contributed by atoms with Crippen LogP contribution in [0.2, 0.25) is 0 Å². The van der Waals surface area contributed by atoms with Gasteiger partial charge < -0.3 is 9.30 Å². The Morgan fingerprint density at radius 2 is 1.86 bits per heavy atom. The van der Waals surface area contributed by atoms with Gasteiger partial charge in [0.25, 0.3) is 0 Å². The van der Waals surface area contributed by atoms with Crippen LogP contribution in [0.1, 0.15) is 41.3 Å². The predicted octanol–water partition coefficient (Wildman–Crippen LogP) is 3.45. The monoisotopic (exact) mass is 374 g/mol. The lowest BCUT2D eigenvalue weighted by molar-refractivity contribution is 0.377. The van der Waals surface area contributed by atoms with Crippen molar-refractivity contribution in [3.8, 4) is 11.8 Å². The van der Waals surface area contributed by atoms with Crippen molar-refractivity contribution in [3.63, 3.8) is 0 Å². The van der Waals surface area contributed by atoms with E-state index in [1.54, 1.807) is 11.8 Å². The summed E-state index contributed by atoms with van der Waals surface area (Å²) in [5.74, 6) is 3.01. The number of rotatable bonds is 4. The van der Waals surface area contributed by atoms with Crippen LogP contribution in [0.15, 0.2) is 36.4 Å². The van der Waals surface area contributed by atoms with Crippen LogP contribution in [-0.4, -0.2) is 36.4 Å². The van der Waals surface area contributed by atoms with E-state index in [-0.39, 0.29) is 0 Å². The molecule has 0 saturated heterocycles. The molecule has 7 heteroatoms. The lowest BCUT2D eigenvalue weighted by atomic mass is 10.1. The summed E-state index contributed by atoms with van der Waals surface area (Å²) in [5.41, 5.74) is 3.60. The van der Waals surface area contributed by atoms with Gasteiger partial charge in [0.15, 0.2) is 5.82 Å². The molecule has 1 saturated carbocycles. The second-order valence-electron chi connectivity index (χ2n) is 7.39. The van der Waals surface area contributed by atoms with Crippen LogP contribution in [-0.2, 0) is 7.05 Å². The summed E-state index contributed by atoms with van der Waals surface area (Å²) >= 11 is 0. The van der Waals surface area contributed by atoms with E-state index >= 15 is 0 Å². The first kappa shape index (κ1) is 16.9. The van der Waals surface area contributed by atoms with Gasteiger partial charge in [0.1, 0.15) is 11.6 Å². The number of hydrogen-bond acceptors (Lipinski definition) is 5. The zero-order chi connectivity index (χ0) is 19.4. The van der Waals surface area contributed by atoms with E-state index in [0.29, 0.717) is 23.7 Å². The Balaban J connectivity index is 1.52. The number of methoxy groups -OCH3 is 1. The highest BCUT2D eigenvalue weighted by atomic mass is 16.5. The number of aryl methyl sites for hydroxylation is 3. The molecule has 2 unspecified atom stereocenters. The number of ether oxygens (including phenoxy) is 1. The van der Waals surface area contributed by atoms with Gasteiger partial charge >= 0.3 is 6.01 Å². The van der Waals surface area contributed by atoms with Crippen molar-refractivity contribution in [2.75, 3.05) is 7.11 Å². The first-order valence-corrected chi connectivity index (χ1v) is 9.43. The van der Waals surface area contributed by atoms with Crippen LogP contribution in [0.25, 0.3) is 16.7 Å². The fourth-order valence-corrected chi connectivity index (χ4v) is 4.07. The van der Waals surface area contributed by atoms with Crippen LogP contribution in [0.3, 0.4) is 0 Å². The standard InChI is InChI=1S/C21H22N6O/c1-12-22-13(2)27(25-12)20-11-17(23-21(24-20)28-4)15-10-16(15)19-9-14-7-5-6-8-18(14)26(19)3/h5-9,11,15-16H,10H2,1-4H3. The molecule has 142 valence electrons. The minimum Gasteiger partial charge on any atom is -0.467 e. The van der Waals surface area contributed by atoms with E-state index in [0.717, 1.165) is 23.8 Å². The molecule has 3 aromatic heterocycles. The van der Waals surface area contributed by atoms with Gasteiger partial charge in [-0.2, -0.15) is 14.6 Å². The van der Waals surface area contributed by atoms with Crippen molar-refractivity contribution in [2.24, 2.45) is 7.05 Å². The maximum absolute atomic E-state index is 5.37. The summed E-state index contributed by atoms with van der Waals surface area (Å²) in [6, 6.07) is 13.2. The third-order valence-electron chi connectivity index (χ3n) is 5.53. The van der Waals surface area contributed by atoms with E-state index in [1.165, 1.54) is 16.6 Å². The fraction of sp³-hybridized carbons (Fsp3) is 0.333. The molecule has 28 heavy (non-hydrogen) atoms. The molecule has 1 aliphatic carbocycles. The molecule has 2 atom stereocenters. The number of aromatic nitrogens is 6. The van der Waals surface area contributed by atoms with Crippen LogP contribution in [0.5, 0.6) is 6.01 Å². The van der Waals surface area contributed by atoms with Crippen molar-refractivity contribution < 1.29 is 4.74 Å². The number of nitrogens with zero attached hydrogens (tertiary/aromatic N) is 6. The van der Waals surface area contributed by atoms with Gasteiger partial charge in [-0.15, -0.1) is 5.10 Å². The van der Waals surface area contributed by atoms with Crippen LogP contribution < -0.4 is 4.74 Å². The first-order chi connectivity index (χ1) is 13.5. The van der Waals surface area contributed by atoms with Gasteiger partial charge in [0.2, 0.25) is 0 Å². The summed E-state index contributed by atoms with van der Waals surface area (Å²) in [5, 5.41) is 5.73. The highest BCUT2D eigenvalue weighted by molar-refractivity contribution is 5.81. The van der Waals surface area contributed by atoms with Gasteiger partial charge in [-0.1, -0.05) is 18.2 Å². The fourth-order valence-electron chi connectivity index (χ4n) is 4.07. The average Bonchev–Trinajstić information content (AvgIpc) is 3.33. The zero-order valence-corrected chi connectivity index (χ0v) is 16.4. The van der Waals surface area contributed by atoms with Gasteiger partial charge in [-0.05, 0) is 37.8 Å². The number of hydrogen-bond donors (Lipinski definition) is 0. The molecule has 0 amide bonds. The summed E-state index contributed by atoms with van der Waals surface area (Å²) in [6.07, 6.45) is 1.07. The van der Waals surface area contributed by atoms with E-state index in [9.17, 15) is 0 Å². The van der Waals surface area contributed by atoms with E-state index < -0.39 is 0 Å². The first-order valence-electron chi connectivity index (χ1n) is 9.43. The summed E-state index contributed by atoms with van der Waals surface area (Å²) in [4.78, 5) is 13.5. The molecule has 3 heterocycles.